The van der Waals surface area contributed by atoms with Crippen LogP contribution in [0, 0.1) is 0 Å². The molecule has 0 fully saturated rings. The number of halogens is 3. The highest BCUT2D eigenvalue weighted by Crippen LogP contribution is 2.27. The SMILES string of the molecule is CC(NC(=O)Cn1ccc(C(F)(F)F)n1)c1cc2ccccc2o1. The summed E-state index contributed by atoms with van der Waals surface area (Å²) >= 11 is 0. The van der Waals surface area contributed by atoms with E-state index in [0.29, 0.717) is 11.3 Å². The molecule has 0 radical (unpaired) electrons. The van der Waals surface area contributed by atoms with Crippen molar-refractivity contribution >= 4 is 16.9 Å². The van der Waals surface area contributed by atoms with Crippen LogP contribution < -0.4 is 5.32 Å². The van der Waals surface area contributed by atoms with Crippen molar-refractivity contribution in [2.45, 2.75) is 25.7 Å². The first-order valence-electron chi connectivity index (χ1n) is 7.21. The molecule has 3 aromatic rings. The molecule has 0 spiro atoms. The predicted molar refractivity (Wildman–Crippen MR) is 80.0 cm³/mol. The molecule has 2 heterocycles. The number of nitrogens with zero attached hydrogens (tertiary/aromatic N) is 2. The highest BCUT2D eigenvalue weighted by molar-refractivity contribution is 5.79. The standard InChI is InChI=1S/C16H14F3N3O2/c1-10(13-8-11-4-2-3-5-12(11)24-13)20-15(23)9-22-7-6-14(21-22)16(17,18)19/h2-8,10H,9H2,1H3,(H,20,23). The Labute approximate surface area is 135 Å². The molecule has 0 saturated carbocycles. The van der Waals surface area contributed by atoms with E-state index >= 15 is 0 Å². The zero-order valence-corrected chi connectivity index (χ0v) is 12.7. The lowest BCUT2D eigenvalue weighted by Gasteiger charge is -2.11. The monoisotopic (exact) mass is 337 g/mol. The molecule has 24 heavy (non-hydrogen) atoms. The van der Waals surface area contributed by atoms with Gasteiger partial charge in [0.05, 0.1) is 6.04 Å². The van der Waals surface area contributed by atoms with Crippen LogP contribution in [0.2, 0.25) is 0 Å². The van der Waals surface area contributed by atoms with Crippen LogP contribution in [0.4, 0.5) is 13.2 Å². The first-order valence-corrected chi connectivity index (χ1v) is 7.21. The normalized spacial score (nSPS) is 13.2. The van der Waals surface area contributed by atoms with Gasteiger partial charge in [0.15, 0.2) is 5.69 Å². The van der Waals surface area contributed by atoms with Gasteiger partial charge in [0.2, 0.25) is 5.91 Å². The average molecular weight is 337 g/mol. The number of carbonyl (C=O) groups excluding carboxylic acids is 1. The molecule has 1 amide bonds. The summed E-state index contributed by atoms with van der Waals surface area (Å²) in [6.45, 7) is 1.43. The highest BCUT2D eigenvalue weighted by atomic mass is 19.4. The van der Waals surface area contributed by atoms with Gasteiger partial charge in [-0.3, -0.25) is 9.48 Å². The minimum Gasteiger partial charge on any atom is -0.459 e. The number of fused-ring (bicyclic) bond motifs is 1. The second-order valence-corrected chi connectivity index (χ2v) is 5.37. The zero-order valence-electron chi connectivity index (χ0n) is 12.7. The number of carbonyl (C=O) groups is 1. The van der Waals surface area contributed by atoms with Gasteiger partial charge in [0.25, 0.3) is 0 Å². The van der Waals surface area contributed by atoms with E-state index in [1.54, 1.807) is 6.92 Å². The number of para-hydroxylation sites is 1. The van der Waals surface area contributed by atoms with E-state index in [-0.39, 0.29) is 6.54 Å². The van der Waals surface area contributed by atoms with Gasteiger partial charge >= 0.3 is 6.18 Å². The molecule has 0 aliphatic carbocycles. The molecule has 0 saturated heterocycles. The second-order valence-electron chi connectivity index (χ2n) is 5.37. The number of aromatic nitrogens is 2. The van der Waals surface area contributed by atoms with Crippen molar-refractivity contribution in [2.24, 2.45) is 0 Å². The number of furan rings is 1. The van der Waals surface area contributed by atoms with Gasteiger partial charge in [-0.1, -0.05) is 18.2 Å². The zero-order chi connectivity index (χ0) is 17.3. The van der Waals surface area contributed by atoms with E-state index in [0.717, 1.165) is 22.3 Å². The molecule has 1 unspecified atom stereocenters. The number of amides is 1. The van der Waals surface area contributed by atoms with Gasteiger partial charge in [-0.05, 0) is 25.1 Å². The Morgan fingerprint density at radius 1 is 1.33 bits per heavy atom. The van der Waals surface area contributed by atoms with Gasteiger partial charge in [0, 0.05) is 11.6 Å². The molecule has 0 aliphatic heterocycles. The Morgan fingerprint density at radius 3 is 2.75 bits per heavy atom. The van der Waals surface area contributed by atoms with E-state index in [1.165, 1.54) is 0 Å². The smallest absolute Gasteiger partial charge is 0.435 e. The van der Waals surface area contributed by atoms with Crippen molar-refractivity contribution in [2.75, 3.05) is 0 Å². The first-order chi connectivity index (χ1) is 11.3. The third kappa shape index (κ3) is 3.42. The van der Waals surface area contributed by atoms with E-state index in [2.05, 4.69) is 10.4 Å². The summed E-state index contributed by atoms with van der Waals surface area (Å²) in [6.07, 6.45) is -3.41. The van der Waals surface area contributed by atoms with E-state index in [4.69, 9.17) is 4.42 Å². The van der Waals surface area contributed by atoms with Gasteiger partial charge in [-0.25, -0.2) is 0 Å². The highest BCUT2D eigenvalue weighted by Gasteiger charge is 2.33. The molecule has 5 nitrogen and oxygen atoms in total. The molecule has 2 aromatic heterocycles. The number of hydrogen-bond donors (Lipinski definition) is 1. The predicted octanol–water partition coefficient (Wildman–Crippen LogP) is 3.53. The van der Waals surface area contributed by atoms with E-state index in [9.17, 15) is 18.0 Å². The molecule has 1 aromatic carbocycles. The summed E-state index contributed by atoms with van der Waals surface area (Å²) in [7, 11) is 0. The largest absolute Gasteiger partial charge is 0.459 e. The lowest BCUT2D eigenvalue weighted by atomic mass is 10.2. The maximum absolute atomic E-state index is 12.5. The Morgan fingerprint density at radius 2 is 2.08 bits per heavy atom. The lowest BCUT2D eigenvalue weighted by molar-refractivity contribution is -0.141. The molecule has 8 heteroatoms. The lowest BCUT2D eigenvalue weighted by Crippen LogP contribution is -2.30. The van der Waals surface area contributed by atoms with Crippen LogP contribution in [0.3, 0.4) is 0 Å². The fraction of sp³-hybridized carbons (Fsp3) is 0.250. The molecular formula is C16H14F3N3O2. The minimum absolute atomic E-state index is 0.305. The average Bonchev–Trinajstić information content (AvgIpc) is 3.12. The Hall–Kier alpha value is -2.77. The van der Waals surface area contributed by atoms with Crippen LogP contribution in [0.15, 0.2) is 47.0 Å². The number of nitrogens with one attached hydrogen (secondary N) is 1. The Balaban J connectivity index is 1.64. The number of hydrogen-bond acceptors (Lipinski definition) is 3. The molecular weight excluding hydrogens is 323 g/mol. The summed E-state index contributed by atoms with van der Waals surface area (Å²) in [5.74, 6) is 0.112. The molecule has 0 aliphatic rings. The van der Waals surface area contributed by atoms with Gasteiger partial charge in [-0.15, -0.1) is 0 Å². The van der Waals surface area contributed by atoms with Crippen molar-refractivity contribution in [3.05, 3.63) is 54.0 Å². The van der Waals surface area contributed by atoms with Crippen molar-refractivity contribution in [3.63, 3.8) is 0 Å². The third-order valence-corrected chi connectivity index (χ3v) is 3.49. The fourth-order valence-electron chi connectivity index (χ4n) is 2.32. The quantitative estimate of drug-likeness (QED) is 0.792. The Kier molecular flexibility index (Phi) is 4.04. The molecule has 1 atom stereocenters. The molecule has 3 rings (SSSR count). The van der Waals surface area contributed by atoms with Crippen LogP contribution in [0.1, 0.15) is 24.4 Å². The second kappa shape index (κ2) is 6.03. The maximum atomic E-state index is 12.5. The van der Waals surface area contributed by atoms with Crippen molar-refractivity contribution < 1.29 is 22.4 Å². The summed E-state index contributed by atoms with van der Waals surface area (Å²) in [5.41, 5.74) is -0.323. The summed E-state index contributed by atoms with van der Waals surface area (Å²) < 4.78 is 44.0. The topological polar surface area (TPSA) is 60.1 Å². The maximum Gasteiger partial charge on any atom is 0.435 e. The minimum atomic E-state index is -4.52. The van der Waals surface area contributed by atoms with Crippen LogP contribution in [0.25, 0.3) is 11.0 Å². The van der Waals surface area contributed by atoms with Crippen LogP contribution >= 0.6 is 0 Å². The number of benzene rings is 1. The van der Waals surface area contributed by atoms with Crippen LogP contribution in [-0.2, 0) is 17.5 Å². The molecule has 126 valence electrons. The van der Waals surface area contributed by atoms with Gasteiger partial charge < -0.3 is 9.73 Å². The first kappa shape index (κ1) is 16.1. The Bertz CT molecular complexity index is 834. The number of rotatable bonds is 4. The summed E-state index contributed by atoms with van der Waals surface area (Å²) in [4.78, 5) is 12.0. The third-order valence-electron chi connectivity index (χ3n) is 3.49. The van der Waals surface area contributed by atoms with Crippen LogP contribution in [-0.4, -0.2) is 15.7 Å². The molecule has 1 N–H and O–H groups in total. The summed E-state index contributed by atoms with van der Waals surface area (Å²) in [6, 6.07) is 9.65. The van der Waals surface area contributed by atoms with E-state index < -0.39 is 23.8 Å². The van der Waals surface area contributed by atoms with Crippen molar-refractivity contribution in [1.82, 2.24) is 15.1 Å². The van der Waals surface area contributed by atoms with Crippen molar-refractivity contribution in [3.8, 4) is 0 Å². The fourth-order valence-corrected chi connectivity index (χ4v) is 2.32. The molecule has 0 bridgehead atoms. The summed E-state index contributed by atoms with van der Waals surface area (Å²) in [5, 5.41) is 6.94. The van der Waals surface area contributed by atoms with E-state index in [1.807, 2.05) is 30.3 Å². The van der Waals surface area contributed by atoms with Crippen molar-refractivity contribution in [1.29, 1.82) is 0 Å². The number of alkyl halides is 3. The van der Waals surface area contributed by atoms with Crippen LogP contribution in [0.5, 0.6) is 0 Å². The van der Waals surface area contributed by atoms with Gasteiger partial charge in [-0.2, -0.15) is 18.3 Å². The van der Waals surface area contributed by atoms with Gasteiger partial charge in [0.1, 0.15) is 17.9 Å².